The zero-order chi connectivity index (χ0) is 20.1. The highest BCUT2D eigenvalue weighted by Crippen LogP contribution is 2.31. The lowest BCUT2D eigenvalue weighted by molar-refractivity contribution is -0.137. The predicted molar refractivity (Wildman–Crippen MR) is 93.8 cm³/mol. The van der Waals surface area contributed by atoms with Crippen LogP contribution in [0.4, 0.5) is 13.2 Å². The Bertz CT molecular complexity index is 1290. The maximum absolute atomic E-state index is 12.9. The number of aromatic nitrogens is 6. The average molecular weight is 390 g/mol. The fourth-order valence-electron chi connectivity index (χ4n) is 3.09. The van der Waals surface area contributed by atoms with Gasteiger partial charge in [-0.05, 0) is 11.6 Å². The van der Waals surface area contributed by atoms with Crippen LogP contribution in [0.15, 0.2) is 40.1 Å². The summed E-state index contributed by atoms with van der Waals surface area (Å²) in [6.45, 7) is 0. The van der Waals surface area contributed by atoms with Crippen LogP contribution in [0.2, 0.25) is 0 Å². The Morgan fingerprint density at radius 1 is 1.18 bits per heavy atom. The Labute approximate surface area is 154 Å². The number of nitrogens with zero attached hydrogens (tertiary/aromatic N) is 3. The molecule has 0 aliphatic rings. The van der Waals surface area contributed by atoms with Crippen LogP contribution in [-0.4, -0.2) is 29.7 Å². The summed E-state index contributed by atoms with van der Waals surface area (Å²) in [5.41, 5.74) is -0.352. The maximum Gasteiger partial charge on any atom is 0.416 e. The minimum absolute atomic E-state index is 0.109. The number of hydrogen-bond donors (Lipinski definition) is 3. The van der Waals surface area contributed by atoms with Crippen molar-refractivity contribution < 1.29 is 13.2 Å². The van der Waals surface area contributed by atoms with E-state index in [1.165, 1.54) is 16.8 Å². The fraction of sp³-hybridized carbons (Fsp3) is 0.176. The summed E-state index contributed by atoms with van der Waals surface area (Å²) in [7, 11) is 1.60. The molecule has 0 saturated carbocycles. The Hall–Kier alpha value is -3.63. The molecule has 0 fully saturated rings. The maximum atomic E-state index is 12.9. The molecule has 3 heterocycles. The molecule has 8 nitrogen and oxygen atoms in total. The first kappa shape index (κ1) is 17.8. The second-order valence-corrected chi connectivity index (χ2v) is 6.22. The molecular weight excluding hydrogens is 377 g/mol. The van der Waals surface area contributed by atoms with Crippen molar-refractivity contribution in [2.45, 2.75) is 12.6 Å². The number of H-pyrrole nitrogens is 3. The molecule has 144 valence electrons. The van der Waals surface area contributed by atoms with Crippen molar-refractivity contribution in [3.63, 3.8) is 0 Å². The second kappa shape index (κ2) is 6.22. The first-order valence-corrected chi connectivity index (χ1v) is 8.12. The summed E-state index contributed by atoms with van der Waals surface area (Å²) in [5.74, 6) is 0.345. The molecule has 3 aromatic heterocycles. The van der Waals surface area contributed by atoms with Crippen molar-refractivity contribution in [1.82, 2.24) is 29.7 Å². The second-order valence-electron chi connectivity index (χ2n) is 6.22. The molecule has 0 unspecified atom stereocenters. The van der Waals surface area contributed by atoms with Crippen molar-refractivity contribution in [2.75, 3.05) is 0 Å². The lowest BCUT2D eigenvalue weighted by Crippen LogP contribution is -2.22. The van der Waals surface area contributed by atoms with E-state index in [2.05, 4.69) is 25.1 Å². The van der Waals surface area contributed by atoms with Gasteiger partial charge in [0.15, 0.2) is 11.2 Å². The zero-order valence-corrected chi connectivity index (χ0v) is 14.4. The fourth-order valence-corrected chi connectivity index (χ4v) is 3.09. The van der Waals surface area contributed by atoms with Gasteiger partial charge < -0.3 is 4.57 Å². The van der Waals surface area contributed by atoms with Crippen LogP contribution in [0.5, 0.6) is 0 Å². The van der Waals surface area contributed by atoms with Crippen LogP contribution in [0.25, 0.3) is 22.6 Å². The number of benzene rings is 1. The van der Waals surface area contributed by atoms with E-state index in [-0.39, 0.29) is 17.6 Å². The number of aryl methyl sites for hydroxylation is 1. The number of imidazole rings is 1. The molecule has 0 bridgehead atoms. The van der Waals surface area contributed by atoms with Gasteiger partial charge in [-0.2, -0.15) is 18.3 Å². The SMILES string of the molecule is Cn1c(-c2c[nH]nc2Cc2cccc(C(F)(F)F)c2)nc2[nH]c(=O)[nH]c(=O)c21. The first-order valence-electron chi connectivity index (χ1n) is 8.12. The van der Waals surface area contributed by atoms with Gasteiger partial charge in [-0.15, -0.1) is 0 Å². The lowest BCUT2D eigenvalue weighted by Gasteiger charge is -2.08. The van der Waals surface area contributed by atoms with E-state index in [0.29, 0.717) is 22.6 Å². The smallest absolute Gasteiger partial charge is 0.321 e. The molecule has 4 rings (SSSR count). The van der Waals surface area contributed by atoms with Crippen LogP contribution in [-0.2, 0) is 19.6 Å². The molecule has 0 spiro atoms. The van der Waals surface area contributed by atoms with E-state index in [1.807, 2.05) is 0 Å². The van der Waals surface area contributed by atoms with E-state index >= 15 is 0 Å². The highest BCUT2D eigenvalue weighted by molar-refractivity contribution is 5.76. The van der Waals surface area contributed by atoms with Gasteiger partial charge in [-0.1, -0.05) is 18.2 Å². The molecule has 1 aromatic carbocycles. The largest absolute Gasteiger partial charge is 0.416 e. The van der Waals surface area contributed by atoms with Crippen molar-refractivity contribution in [1.29, 1.82) is 0 Å². The van der Waals surface area contributed by atoms with E-state index in [1.54, 1.807) is 13.1 Å². The monoisotopic (exact) mass is 390 g/mol. The van der Waals surface area contributed by atoms with E-state index in [9.17, 15) is 22.8 Å². The molecule has 0 amide bonds. The van der Waals surface area contributed by atoms with Crippen LogP contribution < -0.4 is 11.2 Å². The minimum Gasteiger partial charge on any atom is -0.321 e. The summed E-state index contributed by atoms with van der Waals surface area (Å²) in [4.78, 5) is 32.4. The van der Waals surface area contributed by atoms with Gasteiger partial charge in [0, 0.05) is 19.7 Å². The summed E-state index contributed by atoms with van der Waals surface area (Å²) in [6.07, 6.45) is -2.77. The molecule has 4 aromatic rings. The summed E-state index contributed by atoms with van der Waals surface area (Å²) >= 11 is 0. The molecule has 0 aliphatic heterocycles. The van der Waals surface area contributed by atoms with E-state index in [0.717, 1.165) is 12.1 Å². The molecule has 0 radical (unpaired) electrons. The Balaban J connectivity index is 1.78. The van der Waals surface area contributed by atoms with Gasteiger partial charge in [0.25, 0.3) is 5.56 Å². The quantitative estimate of drug-likeness (QED) is 0.496. The number of rotatable bonds is 3. The van der Waals surface area contributed by atoms with Gasteiger partial charge in [0.05, 0.1) is 16.8 Å². The molecular formula is C17H13F3N6O2. The minimum atomic E-state index is -4.44. The van der Waals surface area contributed by atoms with Crippen molar-refractivity contribution in [2.24, 2.45) is 7.05 Å². The van der Waals surface area contributed by atoms with Crippen LogP contribution in [0, 0.1) is 0 Å². The highest BCUT2D eigenvalue weighted by Gasteiger charge is 2.30. The third kappa shape index (κ3) is 3.00. The standard InChI is InChI=1S/C17H13F3N6O2/c1-26-12-13(23-16(28)24-15(12)27)22-14(26)10-7-21-25-11(10)6-8-3-2-4-9(5-8)17(18,19)20/h2-5,7H,6H2,1H3,(H,21,25)(H2,23,24,27,28). The van der Waals surface area contributed by atoms with Crippen molar-refractivity contribution in [3.8, 4) is 11.4 Å². The van der Waals surface area contributed by atoms with Gasteiger partial charge in [0.2, 0.25) is 0 Å². The van der Waals surface area contributed by atoms with Crippen LogP contribution in [0.3, 0.4) is 0 Å². The van der Waals surface area contributed by atoms with Crippen LogP contribution in [0.1, 0.15) is 16.8 Å². The molecule has 0 saturated heterocycles. The third-order valence-corrected chi connectivity index (χ3v) is 4.36. The Morgan fingerprint density at radius 2 is 1.96 bits per heavy atom. The van der Waals surface area contributed by atoms with E-state index in [4.69, 9.17) is 0 Å². The number of halogens is 3. The highest BCUT2D eigenvalue weighted by atomic mass is 19.4. The molecule has 3 N–H and O–H groups in total. The molecule has 11 heteroatoms. The topological polar surface area (TPSA) is 112 Å². The number of hydrogen-bond acceptors (Lipinski definition) is 4. The Morgan fingerprint density at radius 3 is 2.71 bits per heavy atom. The number of alkyl halides is 3. The summed E-state index contributed by atoms with van der Waals surface area (Å²) in [5, 5.41) is 6.79. The van der Waals surface area contributed by atoms with Crippen molar-refractivity contribution in [3.05, 3.63) is 68.1 Å². The molecule has 0 aliphatic carbocycles. The average Bonchev–Trinajstić information content (AvgIpc) is 3.18. The zero-order valence-electron chi connectivity index (χ0n) is 14.4. The van der Waals surface area contributed by atoms with Gasteiger partial charge in [-0.25, -0.2) is 9.78 Å². The predicted octanol–water partition coefficient (Wildman–Crippen LogP) is 1.95. The van der Waals surface area contributed by atoms with Gasteiger partial charge in [-0.3, -0.25) is 19.9 Å². The van der Waals surface area contributed by atoms with Gasteiger partial charge in [0.1, 0.15) is 5.82 Å². The van der Waals surface area contributed by atoms with Gasteiger partial charge >= 0.3 is 11.9 Å². The summed E-state index contributed by atoms with van der Waals surface area (Å²) < 4.78 is 40.3. The lowest BCUT2D eigenvalue weighted by atomic mass is 10.0. The normalized spacial score (nSPS) is 12.0. The molecule has 28 heavy (non-hydrogen) atoms. The number of aromatic amines is 3. The number of nitrogens with one attached hydrogen (secondary N) is 3. The van der Waals surface area contributed by atoms with Crippen LogP contribution >= 0.6 is 0 Å². The number of fused-ring (bicyclic) bond motifs is 1. The van der Waals surface area contributed by atoms with E-state index < -0.39 is 23.0 Å². The molecule has 0 atom stereocenters. The first-order chi connectivity index (χ1) is 13.2. The Kier molecular flexibility index (Phi) is 3.95. The van der Waals surface area contributed by atoms with Crippen molar-refractivity contribution >= 4 is 11.2 Å². The third-order valence-electron chi connectivity index (χ3n) is 4.36. The summed E-state index contributed by atoms with van der Waals surface area (Å²) in [6, 6.07) is 4.98.